The van der Waals surface area contributed by atoms with Crippen molar-refractivity contribution in [2.75, 3.05) is 18.9 Å². The van der Waals surface area contributed by atoms with Gasteiger partial charge >= 0.3 is 6.09 Å². The zero-order chi connectivity index (χ0) is 20.1. The molecule has 0 atom stereocenters. The Hall–Kier alpha value is -3.56. The van der Waals surface area contributed by atoms with Gasteiger partial charge in [0.2, 0.25) is 0 Å². The number of hydrogen-bond donors (Lipinski definition) is 3. The zero-order valence-electron chi connectivity index (χ0n) is 16.0. The Morgan fingerprint density at radius 1 is 1.36 bits per heavy atom. The van der Waals surface area contributed by atoms with Crippen LogP contribution in [-0.2, 0) is 4.74 Å². The summed E-state index contributed by atoms with van der Waals surface area (Å²) in [6.45, 7) is 6.03. The molecule has 0 saturated carbocycles. The highest BCUT2D eigenvalue weighted by atomic mass is 16.6. The van der Waals surface area contributed by atoms with Gasteiger partial charge in [-0.05, 0) is 26.8 Å². The number of amides is 1. The molecule has 148 valence electrons. The molecule has 4 N–H and O–H groups in total. The van der Waals surface area contributed by atoms with Gasteiger partial charge in [0.1, 0.15) is 23.8 Å². The van der Waals surface area contributed by atoms with Crippen LogP contribution in [-0.4, -0.2) is 49.8 Å². The van der Waals surface area contributed by atoms with Crippen molar-refractivity contribution in [2.24, 2.45) is 0 Å². The second-order valence-corrected chi connectivity index (χ2v) is 7.00. The average Bonchev–Trinajstić information content (AvgIpc) is 3.26. The summed E-state index contributed by atoms with van der Waals surface area (Å²) in [5, 5.41) is 13.5. The lowest BCUT2D eigenvalue weighted by Crippen LogP contribution is -2.34. The number of carbonyl (C=O) groups is 1. The summed E-state index contributed by atoms with van der Waals surface area (Å²) >= 11 is 0. The van der Waals surface area contributed by atoms with Crippen molar-refractivity contribution < 1.29 is 14.3 Å². The van der Waals surface area contributed by atoms with Crippen molar-refractivity contribution >= 4 is 11.9 Å². The lowest BCUT2D eigenvalue weighted by atomic mass is 10.2. The number of nitrogens with two attached hydrogens (primary N) is 1. The molecule has 28 heavy (non-hydrogen) atoms. The summed E-state index contributed by atoms with van der Waals surface area (Å²) in [5.74, 6) is 1.67. The average molecular weight is 385 g/mol. The van der Waals surface area contributed by atoms with Crippen LogP contribution in [0.2, 0.25) is 0 Å². The second kappa shape index (κ2) is 7.99. The van der Waals surface area contributed by atoms with E-state index in [9.17, 15) is 4.79 Å². The number of carbonyl (C=O) groups excluding carboxylic acids is 1. The maximum atomic E-state index is 11.6. The van der Waals surface area contributed by atoms with E-state index in [4.69, 9.17) is 15.2 Å². The largest absolute Gasteiger partial charge is 0.492 e. The van der Waals surface area contributed by atoms with Gasteiger partial charge in [0.05, 0.1) is 18.9 Å². The topological polar surface area (TPSA) is 133 Å². The fourth-order valence-corrected chi connectivity index (χ4v) is 2.36. The smallest absolute Gasteiger partial charge is 0.407 e. The van der Waals surface area contributed by atoms with Crippen LogP contribution in [0.5, 0.6) is 5.75 Å². The number of anilines is 1. The molecule has 0 bridgehead atoms. The molecule has 0 spiro atoms. The first-order valence-electron chi connectivity index (χ1n) is 8.72. The Balaban J connectivity index is 1.57. The van der Waals surface area contributed by atoms with Crippen LogP contribution in [0.15, 0.2) is 36.9 Å². The van der Waals surface area contributed by atoms with Crippen molar-refractivity contribution in [1.29, 1.82) is 0 Å². The molecule has 0 aliphatic heterocycles. The van der Waals surface area contributed by atoms with Gasteiger partial charge in [0.25, 0.3) is 0 Å². The van der Waals surface area contributed by atoms with Gasteiger partial charge in [-0.1, -0.05) is 0 Å². The quantitative estimate of drug-likeness (QED) is 0.554. The lowest BCUT2D eigenvalue weighted by molar-refractivity contribution is 0.0520. The van der Waals surface area contributed by atoms with Crippen LogP contribution < -0.4 is 15.8 Å². The molecule has 3 heterocycles. The Morgan fingerprint density at radius 2 is 2.18 bits per heavy atom. The predicted molar refractivity (Wildman–Crippen MR) is 103 cm³/mol. The van der Waals surface area contributed by atoms with Gasteiger partial charge < -0.3 is 20.5 Å². The number of aromatic amines is 1. The van der Waals surface area contributed by atoms with Gasteiger partial charge in [-0.25, -0.2) is 14.5 Å². The molecular formula is C18H23N7O3. The highest BCUT2D eigenvalue weighted by Gasteiger charge is 2.15. The summed E-state index contributed by atoms with van der Waals surface area (Å²) in [4.78, 5) is 15.9. The minimum Gasteiger partial charge on any atom is -0.492 e. The summed E-state index contributed by atoms with van der Waals surface area (Å²) < 4.78 is 12.4. The fourth-order valence-electron chi connectivity index (χ4n) is 2.36. The van der Waals surface area contributed by atoms with E-state index in [1.807, 2.05) is 20.8 Å². The van der Waals surface area contributed by atoms with E-state index in [0.717, 1.165) is 11.1 Å². The van der Waals surface area contributed by atoms with Crippen molar-refractivity contribution in [3.05, 3.63) is 36.9 Å². The first kappa shape index (κ1) is 19.2. The molecule has 0 saturated heterocycles. The van der Waals surface area contributed by atoms with E-state index in [0.29, 0.717) is 30.5 Å². The number of nitrogens with zero attached hydrogens (tertiary/aromatic N) is 4. The van der Waals surface area contributed by atoms with Crippen molar-refractivity contribution in [3.8, 4) is 22.7 Å². The fraction of sp³-hybridized carbons (Fsp3) is 0.333. The Morgan fingerprint density at radius 3 is 2.89 bits per heavy atom. The number of ether oxygens (including phenoxy) is 2. The summed E-state index contributed by atoms with van der Waals surface area (Å²) in [5.41, 5.74) is 6.90. The maximum absolute atomic E-state index is 11.6. The standard InChI is InChI=1S/C18H23N7O3/c1-18(2,3)28-17(26)21-6-7-27-13-4-5-20-15(8-13)25-11-12(9-23-25)14-10-22-24-16(14)19/h4-5,8-11H,6-7H2,1-3H3,(H,21,26)(H3,19,22,24). The van der Waals surface area contributed by atoms with E-state index >= 15 is 0 Å². The summed E-state index contributed by atoms with van der Waals surface area (Å²) in [6, 6.07) is 3.48. The van der Waals surface area contributed by atoms with E-state index in [2.05, 4.69) is 25.6 Å². The minimum atomic E-state index is -0.533. The number of rotatable bonds is 6. The van der Waals surface area contributed by atoms with E-state index in [1.54, 1.807) is 41.6 Å². The van der Waals surface area contributed by atoms with Gasteiger partial charge in [0, 0.05) is 29.6 Å². The van der Waals surface area contributed by atoms with Crippen LogP contribution in [0.3, 0.4) is 0 Å². The Bertz CT molecular complexity index is 943. The van der Waals surface area contributed by atoms with Crippen LogP contribution in [0, 0.1) is 0 Å². The van der Waals surface area contributed by atoms with Crippen LogP contribution >= 0.6 is 0 Å². The maximum Gasteiger partial charge on any atom is 0.407 e. The third-order valence-corrected chi connectivity index (χ3v) is 3.55. The molecule has 3 aromatic rings. The van der Waals surface area contributed by atoms with Crippen LogP contribution in [0.4, 0.5) is 10.6 Å². The molecule has 0 aliphatic carbocycles. The number of nitrogens with one attached hydrogen (secondary N) is 2. The number of aromatic nitrogens is 5. The highest BCUT2D eigenvalue weighted by molar-refractivity contribution is 5.72. The van der Waals surface area contributed by atoms with E-state index in [-0.39, 0.29) is 0 Å². The minimum absolute atomic E-state index is 0.290. The van der Waals surface area contributed by atoms with E-state index in [1.165, 1.54) is 0 Å². The van der Waals surface area contributed by atoms with Crippen molar-refractivity contribution in [1.82, 2.24) is 30.3 Å². The van der Waals surface area contributed by atoms with Gasteiger partial charge in [-0.2, -0.15) is 10.2 Å². The van der Waals surface area contributed by atoms with E-state index < -0.39 is 11.7 Å². The molecule has 0 radical (unpaired) electrons. The monoisotopic (exact) mass is 385 g/mol. The number of nitrogen functional groups attached to an aromatic ring is 1. The molecule has 1 amide bonds. The van der Waals surface area contributed by atoms with Gasteiger partial charge in [0.15, 0.2) is 5.82 Å². The molecular weight excluding hydrogens is 362 g/mol. The van der Waals surface area contributed by atoms with Crippen LogP contribution in [0.25, 0.3) is 16.9 Å². The number of H-pyrrole nitrogens is 1. The first-order valence-corrected chi connectivity index (χ1v) is 8.72. The molecule has 0 aromatic carbocycles. The normalized spacial score (nSPS) is 11.2. The first-order chi connectivity index (χ1) is 13.3. The number of hydrogen-bond acceptors (Lipinski definition) is 7. The molecule has 0 unspecified atom stereocenters. The van der Waals surface area contributed by atoms with Crippen molar-refractivity contribution in [3.63, 3.8) is 0 Å². The second-order valence-electron chi connectivity index (χ2n) is 7.00. The molecule has 0 fully saturated rings. The molecule has 10 nitrogen and oxygen atoms in total. The summed E-state index contributed by atoms with van der Waals surface area (Å²) in [7, 11) is 0. The zero-order valence-corrected chi connectivity index (χ0v) is 16.0. The number of alkyl carbamates (subject to hydrolysis) is 1. The van der Waals surface area contributed by atoms with Crippen molar-refractivity contribution in [2.45, 2.75) is 26.4 Å². The Kier molecular flexibility index (Phi) is 5.48. The third kappa shape index (κ3) is 5.00. The third-order valence-electron chi connectivity index (χ3n) is 3.55. The number of pyridine rings is 1. The molecule has 3 aromatic heterocycles. The van der Waals surface area contributed by atoms with Gasteiger partial charge in [-0.3, -0.25) is 5.10 Å². The molecule has 3 rings (SSSR count). The highest BCUT2D eigenvalue weighted by Crippen LogP contribution is 2.24. The lowest BCUT2D eigenvalue weighted by Gasteiger charge is -2.19. The Labute approximate surface area is 162 Å². The SMILES string of the molecule is CC(C)(C)OC(=O)NCCOc1ccnc(-n2cc(-c3cn[nH]c3N)cn2)c1. The summed E-state index contributed by atoms with van der Waals surface area (Å²) in [6.07, 6.45) is 6.27. The predicted octanol–water partition coefficient (Wildman–Crippen LogP) is 2.14. The van der Waals surface area contributed by atoms with Crippen LogP contribution in [0.1, 0.15) is 20.8 Å². The van der Waals surface area contributed by atoms with Gasteiger partial charge in [-0.15, -0.1) is 0 Å². The molecule has 0 aliphatic rings. The molecule has 10 heteroatoms.